The van der Waals surface area contributed by atoms with Crippen molar-refractivity contribution in [3.8, 4) is 11.5 Å². The summed E-state index contributed by atoms with van der Waals surface area (Å²) in [6.07, 6.45) is 0. The van der Waals surface area contributed by atoms with Crippen molar-refractivity contribution >= 4 is 23.1 Å². The average Bonchev–Trinajstić information content (AvgIpc) is 2.33. The van der Waals surface area contributed by atoms with E-state index in [9.17, 15) is 0 Å². The lowest BCUT2D eigenvalue weighted by atomic mass is 10.2. The van der Waals surface area contributed by atoms with Gasteiger partial charge in [-0.05, 0) is 14.1 Å². The van der Waals surface area contributed by atoms with Gasteiger partial charge < -0.3 is 25.8 Å². The summed E-state index contributed by atoms with van der Waals surface area (Å²) >= 11 is 1.70. The Kier molecular flexibility index (Phi) is 3.77. The Hall–Kier alpha value is -1.27. The molecule has 4 N–H and O–H groups in total. The van der Waals surface area contributed by atoms with Crippen LogP contribution >= 0.6 is 11.8 Å². The first-order chi connectivity index (χ1) is 8.52. The van der Waals surface area contributed by atoms with Gasteiger partial charge >= 0.3 is 0 Å². The van der Waals surface area contributed by atoms with Gasteiger partial charge in [-0.1, -0.05) is 0 Å². The zero-order valence-corrected chi connectivity index (χ0v) is 11.7. The molecule has 6 heteroatoms. The highest BCUT2D eigenvalue weighted by atomic mass is 32.2. The molecule has 0 saturated carbocycles. The van der Waals surface area contributed by atoms with Gasteiger partial charge in [0.15, 0.2) is 5.75 Å². The lowest BCUT2D eigenvalue weighted by Gasteiger charge is -2.29. The molecule has 1 atom stereocenters. The SMILES string of the molecule is COc1cc(N)c2c(c1N)SC(CN(C)C)CO2. The first-order valence-corrected chi connectivity index (χ1v) is 6.61. The number of hydrogen-bond acceptors (Lipinski definition) is 6. The molecule has 0 aromatic heterocycles. The van der Waals surface area contributed by atoms with Crippen LogP contribution in [0.4, 0.5) is 11.4 Å². The molecule has 0 bridgehead atoms. The molecule has 1 heterocycles. The zero-order valence-electron chi connectivity index (χ0n) is 10.9. The summed E-state index contributed by atoms with van der Waals surface area (Å²) in [6, 6.07) is 1.71. The molecular weight excluding hydrogens is 250 g/mol. The molecule has 2 rings (SSSR count). The number of methoxy groups -OCH3 is 1. The molecule has 1 aromatic rings. The van der Waals surface area contributed by atoms with Gasteiger partial charge in [0.05, 0.1) is 28.6 Å². The van der Waals surface area contributed by atoms with Crippen LogP contribution in [0.3, 0.4) is 0 Å². The Labute approximate surface area is 111 Å². The lowest BCUT2D eigenvalue weighted by Crippen LogP contribution is -2.31. The number of benzene rings is 1. The maximum absolute atomic E-state index is 6.08. The number of nitrogens with zero attached hydrogens (tertiary/aromatic N) is 1. The number of thioether (sulfide) groups is 1. The predicted octanol–water partition coefficient (Wildman–Crippen LogP) is 1.27. The third-order valence-electron chi connectivity index (χ3n) is 2.75. The van der Waals surface area contributed by atoms with Gasteiger partial charge in [0.1, 0.15) is 12.4 Å². The quantitative estimate of drug-likeness (QED) is 0.805. The Morgan fingerprint density at radius 1 is 1.50 bits per heavy atom. The fraction of sp³-hybridized carbons (Fsp3) is 0.500. The monoisotopic (exact) mass is 269 g/mol. The Bertz CT molecular complexity index is 451. The van der Waals surface area contributed by atoms with Crippen molar-refractivity contribution in [1.82, 2.24) is 4.90 Å². The van der Waals surface area contributed by atoms with E-state index in [1.807, 2.05) is 14.1 Å². The standard InChI is InChI=1S/C12H19N3O2S/c1-15(2)5-7-6-17-11-8(13)4-9(16-3)10(14)12(11)18-7/h4,7H,5-6,13-14H2,1-3H3. The van der Waals surface area contributed by atoms with Crippen LogP contribution in [0, 0.1) is 0 Å². The van der Waals surface area contributed by atoms with Crippen molar-refractivity contribution in [3.05, 3.63) is 6.07 Å². The second-order valence-corrected chi connectivity index (χ2v) is 5.86. The second-order valence-electron chi connectivity index (χ2n) is 4.55. The van der Waals surface area contributed by atoms with Gasteiger partial charge in [0.2, 0.25) is 0 Å². The highest BCUT2D eigenvalue weighted by Gasteiger charge is 2.26. The van der Waals surface area contributed by atoms with Crippen molar-refractivity contribution in [3.63, 3.8) is 0 Å². The number of anilines is 2. The Balaban J connectivity index is 2.32. The number of rotatable bonds is 3. The lowest BCUT2D eigenvalue weighted by molar-refractivity contribution is 0.277. The number of nitrogens with two attached hydrogens (primary N) is 2. The van der Waals surface area contributed by atoms with Crippen molar-refractivity contribution in [2.45, 2.75) is 10.1 Å². The molecule has 18 heavy (non-hydrogen) atoms. The first-order valence-electron chi connectivity index (χ1n) is 5.73. The Morgan fingerprint density at radius 3 is 2.83 bits per heavy atom. The third-order valence-corrected chi connectivity index (χ3v) is 4.01. The highest BCUT2D eigenvalue weighted by molar-refractivity contribution is 8.00. The van der Waals surface area contributed by atoms with E-state index in [0.29, 0.717) is 34.7 Å². The molecule has 0 fully saturated rings. The molecule has 1 aliphatic rings. The van der Waals surface area contributed by atoms with Gasteiger partial charge in [-0.2, -0.15) is 0 Å². The molecule has 0 aliphatic carbocycles. The fourth-order valence-electron chi connectivity index (χ4n) is 1.96. The molecule has 1 aromatic carbocycles. The molecule has 0 saturated heterocycles. The second kappa shape index (κ2) is 5.16. The van der Waals surface area contributed by atoms with Crippen LogP contribution in [0.1, 0.15) is 0 Å². The van der Waals surface area contributed by atoms with Crippen LogP contribution in [-0.2, 0) is 0 Å². The number of fused-ring (bicyclic) bond motifs is 1. The van der Waals surface area contributed by atoms with Crippen LogP contribution in [0.25, 0.3) is 0 Å². The molecule has 0 spiro atoms. The van der Waals surface area contributed by atoms with E-state index in [-0.39, 0.29) is 0 Å². The van der Waals surface area contributed by atoms with E-state index in [4.69, 9.17) is 20.9 Å². The van der Waals surface area contributed by atoms with E-state index < -0.39 is 0 Å². The van der Waals surface area contributed by atoms with Crippen LogP contribution in [0.5, 0.6) is 11.5 Å². The number of nitrogen functional groups attached to an aromatic ring is 2. The highest BCUT2D eigenvalue weighted by Crippen LogP contribution is 2.48. The zero-order chi connectivity index (χ0) is 13.3. The number of hydrogen-bond donors (Lipinski definition) is 2. The minimum atomic E-state index is 0.348. The largest absolute Gasteiger partial charge is 0.494 e. The van der Waals surface area contributed by atoms with E-state index in [0.717, 1.165) is 11.4 Å². The van der Waals surface area contributed by atoms with Gasteiger partial charge in [-0.3, -0.25) is 0 Å². The molecule has 0 radical (unpaired) electrons. The van der Waals surface area contributed by atoms with Crippen molar-refractivity contribution < 1.29 is 9.47 Å². The maximum Gasteiger partial charge on any atom is 0.158 e. The van der Waals surface area contributed by atoms with Crippen LogP contribution < -0.4 is 20.9 Å². The minimum absolute atomic E-state index is 0.348. The minimum Gasteiger partial charge on any atom is -0.494 e. The summed E-state index contributed by atoms with van der Waals surface area (Å²) in [6.45, 7) is 1.58. The van der Waals surface area contributed by atoms with Crippen molar-refractivity contribution in [2.24, 2.45) is 0 Å². The van der Waals surface area contributed by atoms with Gasteiger partial charge in [0.25, 0.3) is 0 Å². The summed E-state index contributed by atoms with van der Waals surface area (Å²) in [5, 5.41) is 0.348. The molecular formula is C12H19N3O2S. The summed E-state index contributed by atoms with van der Waals surface area (Å²) < 4.78 is 11.0. The summed E-state index contributed by atoms with van der Waals surface area (Å²) in [4.78, 5) is 3.02. The third kappa shape index (κ3) is 2.44. The normalized spacial score (nSPS) is 18.3. The van der Waals surface area contributed by atoms with Crippen molar-refractivity contribution in [2.75, 3.05) is 45.8 Å². The van der Waals surface area contributed by atoms with E-state index in [1.165, 1.54) is 0 Å². The molecule has 5 nitrogen and oxygen atoms in total. The summed E-state index contributed by atoms with van der Waals surface area (Å²) in [5.74, 6) is 1.29. The fourth-order valence-corrected chi connectivity index (χ4v) is 3.31. The van der Waals surface area contributed by atoms with Gasteiger partial charge in [0, 0.05) is 12.6 Å². The smallest absolute Gasteiger partial charge is 0.158 e. The summed E-state index contributed by atoms with van der Waals surface area (Å²) in [5.41, 5.74) is 13.2. The average molecular weight is 269 g/mol. The van der Waals surface area contributed by atoms with Gasteiger partial charge in [-0.15, -0.1) is 11.8 Å². The van der Waals surface area contributed by atoms with Crippen LogP contribution in [0.15, 0.2) is 11.0 Å². The van der Waals surface area contributed by atoms with Crippen LogP contribution in [0.2, 0.25) is 0 Å². The van der Waals surface area contributed by atoms with E-state index in [1.54, 1.807) is 24.9 Å². The number of ether oxygens (including phenoxy) is 2. The molecule has 100 valence electrons. The van der Waals surface area contributed by atoms with E-state index >= 15 is 0 Å². The summed E-state index contributed by atoms with van der Waals surface area (Å²) in [7, 11) is 5.67. The van der Waals surface area contributed by atoms with Crippen molar-refractivity contribution in [1.29, 1.82) is 0 Å². The maximum atomic E-state index is 6.08. The molecule has 1 aliphatic heterocycles. The molecule has 0 amide bonds. The molecule has 1 unspecified atom stereocenters. The predicted molar refractivity (Wildman–Crippen MR) is 75.5 cm³/mol. The topological polar surface area (TPSA) is 73.7 Å². The van der Waals surface area contributed by atoms with Crippen LogP contribution in [-0.4, -0.2) is 44.5 Å². The first kappa shape index (κ1) is 13.2. The van der Waals surface area contributed by atoms with Gasteiger partial charge in [-0.25, -0.2) is 0 Å². The van der Waals surface area contributed by atoms with E-state index in [2.05, 4.69) is 4.90 Å². The Morgan fingerprint density at radius 2 is 2.22 bits per heavy atom.